The molecule has 6 aliphatic carbocycles. The number of rotatable bonds is 10. The van der Waals surface area contributed by atoms with Crippen LogP contribution in [0, 0.1) is 73.9 Å². The lowest BCUT2D eigenvalue weighted by molar-refractivity contribution is -0.250. The fourth-order valence-electron chi connectivity index (χ4n) is 15.2. The number of carboxylic acids is 1. The summed E-state index contributed by atoms with van der Waals surface area (Å²) in [4.78, 5) is 27.7. The van der Waals surface area contributed by atoms with Gasteiger partial charge in [-0.15, -0.1) is 0 Å². The van der Waals surface area contributed by atoms with Gasteiger partial charge in [0.05, 0.1) is 11.8 Å². The van der Waals surface area contributed by atoms with Gasteiger partial charge in [-0.05, 0) is 193 Å². The number of ether oxygens (including phenoxy) is 1. The maximum Gasteiger partial charge on any atom is 0.309 e. The lowest BCUT2D eigenvalue weighted by atomic mass is 9.32. The summed E-state index contributed by atoms with van der Waals surface area (Å²) < 4.78 is 6.22. The Kier molecular flexibility index (Phi) is 9.78. The second-order valence-corrected chi connectivity index (χ2v) is 22.0. The van der Waals surface area contributed by atoms with Crippen LogP contribution in [0.3, 0.4) is 0 Å². The van der Waals surface area contributed by atoms with Gasteiger partial charge in [0, 0.05) is 5.41 Å². The number of carbonyl (C=O) groups excluding carboxylic acids is 1. The van der Waals surface area contributed by atoms with E-state index in [1.54, 1.807) is 13.8 Å². The van der Waals surface area contributed by atoms with Crippen LogP contribution in [0.5, 0.6) is 0 Å². The number of allylic oxidation sites excluding steroid dienone is 1. The zero-order chi connectivity index (χ0) is 36.8. The number of nitrogens with zero attached hydrogens (tertiary/aromatic N) is 1. The van der Waals surface area contributed by atoms with Gasteiger partial charge in [-0.2, -0.15) is 0 Å². The van der Waals surface area contributed by atoms with Crippen LogP contribution < -0.4 is 0 Å². The average molecular weight is 706 g/mol. The van der Waals surface area contributed by atoms with E-state index in [0.717, 1.165) is 36.5 Å². The topological polar surface area (TPSA) is 66.8 Å². The summed E-state index contributed by atoms with van der Waals surface area (Å²) in [6.07, 6.45) is 21.3. The summed E-state index contributed by atoms with van der Waals surface area (Å²) in [5.41, 5.74) is 1.56. The number of hydrogen-bond acceptors (Lipinski definition) is 4. The molecule has 1 saturated heterocycles. The minimum absolute atomic E-state index is 0.0794. The Labute approximate surface area is 311 Å². The molecule has 1 heterocycles. The van der Waals surface area contributed by atoms with Crippen LogP contribution in [-0.4, -0.2) is 47.7 Å². The Morgan fingerprint density at radius 2 is 1.49 bits per heavy atom. The predicted molar refractivity (Wildman–Crippen MR) is 206 cm³/mol. The van der Waals surface area contributed by atoms with Gasteiger partial charge in [-0.25, -0.2) is 0 Å². The molecule has 0 bridgehead atoms. The number of esters is 1. The second kappa shape index (κ2) is 13.1. The SMILES string of the molecule is C=C(C)[C@@H]1CC[C@]2(CCN3CCC(CC4CC4)CC3)CC[C@]3(C)C(CC[C@@H]4C5(C)CCC(OC(=O)CC(C)(C)C(=O)O)C(C)(C)[C@@H]5CCC43C)[C@@H]12. The number of likely N-dealkylation sites (tertiary alicyclic amines) is 1. The van der Waals surface area contributed by atoms with Crippen LogP contribution in [0.25, 0.3) is 0 Å². The Morgan fingerprint density at radius 3 is 2.14 bits per heavy atom. The van der Waals surface area contributed by atoms with Gasteiger partial charge < -0.3 is 14.7 Å². The molecule has 0 radical (unpaired) electrons. The van der Waals surface area contributed by atoms with E-state index < -0.39 is 11.4 Å². The summed E-state index contributed by atoms with van der Waals surface area (Å²) in [5, 5.41) is 9.63. The molecule has 5 heteroatoms. The predicted octanol–water partition coefficient (Wildman–Crippen LogP) is 11.0. The summed E-state index contributed by atoms with van der Waals surface area (Å²) in [5.74, 6) is 4.18. The molecule has 1 aliphatic heterocycles. The van der Waals surface area contributed by atoms with Crippen molar-refractivity contribution < 1.29 is 19.4 Å². The highest BCUT2D eigenvalue weighted by Crippen LogP contribution is 2.78. The van der Waals surface area contributed by atoms with Crippen LogP contribution in [0.15, 0.2) is 12.2 Å². The van der Waals surface area contributed by atoms with Crippen molar-refractivity contribution in [3.05, 3.63) is 12.2 Å². The summed E-state index contributed by atoms with van der Waals surface area (Å²) in [6.45, 7) is 27.1. The Morgan fingerprint density at radius 1 is 0.804 bits per heavy atom. The van der Waals surface area contributed by atoms with E-state index in [0.29, 0.717) is 34.0 Å². The van der Waals surface area contributed by atoms with E-state index in [1.165, 1.54) is 115 Å². The van der Waals surface area contributed by atoms with E-state index in [2.05, 4.69) is 53.0 Å². The van der Waals surface area contributed by atoms with Crippen molar-refractivity contribution in [2.45, 2.75) is 171 Å². The van der Waals surface area contributed by atoms with Crippen LogP contribution in [0.4, 0.5) is 0 Å². The van der Waals surface area contributed by atoms with Gasteiger partial charge in [0.2, 0.25) is 0 Å². The van der Waals surface area contributed by atoms with Gasteiger partial charge in [0.25, 0.3) is 0 Å². The summed E-state index contributed by atoms with van der Waals surface area (Å²) in [6, 6.07) is 0. The molecule has 4 unspecified atom stereocenters. The molecule has 7 fully saturated rings. The summed E-state index contributed by atoms with van der Waals surface area (Å²) in [7, 11) is 0. The number of carbonyl (C=O) groups is 2. The molecule has 0 amide bonds. The molecule has 0 spiro atoms. The molecule has 7 rings (SSSR count). The molecule has 1 N–H and O–H groups in total. The highest BCUT2D eigenvalue weighted by Gasteiger charge is 2.71. The Bertz CT molecular complexity index is 1360. The van der Waals surface area contributed by atoms with Gasteiger partial charge >= 0.3 is 11.9 Å². The first-order chi connectivity index (χ1) is 23.9. The van der Waals surface area contributed by atoms with Gasteiger partial charge in [-0.3, -0.25) is 9.59 Å². The molecule has 0 aromatic heterocycles. The zero-order valence-electron chi connectivity index (χ0n) is 34.1. The number of fused-ring (bicyclic) bond motifs is 7. The van der Waals surface area contributed by atoms with Crippen LogP contribution >= 0.6 is 0 Å². The minimum Gasteiger partial charge on any atom is -0.481 e. The van der Waals surface area contributed by atoms with Crippen molar-refractivity contribution in [1.29, 1.82) is 0 Å². The molecule has 0 aromatic carbocycles. The van der Waals surface area contributed by atoms with E-state index in [1.807, 2.05) is 0 Å². The van der Waals surface area contributed by atoms with Gasteiger partial charge in [-0.1, -0.05) is 59.6 Å². The maximum atomic E-state index is 13.1. The standard InChI is InChI=1S/C46H75NO4/c1-30(2)33-14-21-46(24-27-47-25-17-32(18-26-47)28-31-10-11-31)23-22-44(8)34(39(33)46)12-13-36-43(7)19-16-37(51-38(48)29-41(3,4)40(49)50)42(5,6)35(43)15-20-45(36,44)9/h31-37,39H,1,10-29H2,2-9H3,(H,49,50)/t33-,34?,35-,36+,37?,39+,43?,44+,45?,46+/m0/s1. The third-order valence-corrected chi connectivity index (χ3v) is 18.6. The second-order valence-electron chi connectivity index (χ2n) is 22.0. The first-order valence-corrected chi connectivity index (χ1v) is 21.7. The van der Waals surface area contributed by atoms with Crippen molar-refractivity contribution in [2.24, 2.45) is 73.9 Å². The van der Waals surface area contributed by atoms with Gasteiger partial charge in [0.1, 0.15) is 6.10 Å². The molecule has 5 nitrogen and oxygen atoms in total. The Hall–Kier alpha value is -1.36. The fraction of sp³-hybridized carbons (Fsp3) is 0.913. The molecule has 6 saturated carbocycles. The molecule has 0 aromatic rings. The van der Waals surface area contributed by atoms with Crippen molar-refractivity contribution in [2.75, 3.05) is 19.6 Å². The van der Waals surface area contributed by atoms with Gasteiger partial charge in [0.15, 0.2) is 0 Å². The van der Waals surface area contributed by atoms with Crippen molar-refractivity contribution in [3.8, 4) is 0 Å². The largest absolute Gasteiger partial charge is 0.481 e. The van der Waals surface area contributed by atoms with E-state index >= 15 is 0 Å². The van der Waals surface area contributed by atoms with E-state index in [9.17, 15) is 14.7 Å². The maximum absolute atomic E-state index is 13.1. The molecule has 10 atom stereocenters. The summed E-state index contributed by atoms with van der Waals surface area (Å²) >= 11 is 0. The quantitative estimate of drug-likeness (QED) is 0.181. The fourth-order valence-corrected chi connectivity index (χ4v) is 15.2. The number of carboxylic acid groups (broad SMARTS) is 1. The molecular formula is C46H75NO4. The number of hydrogen-bond donors (Lipinski definition) is 1. The monoisotopic (exact) mass is 706 g/mol. The number of piperidine rings is 1. The first kappa shape index (κ1) is 37.9. The van der Waals surface area contributed by atoms with Crippen molar-refractivity contribution in [1.82, 2.24) is 4.90 Å². The van der Waals surface area contributed by atoms with E-state index in [-0.39, 0.29) is 29.3 Å². The minimum atomic E-state index is -1.11. The normalized spacial score (nSPS) is 44.1. The van der Waals surface area contributed by atoms with Crippen LogP contribution in [0.2, 0.25) is 0 Å². The first-order valence-electron chi connectivity index (χ1n) is 21.7. The van der Waals surface area contributed by atoms with E-state index in [4.69, 9.17) is 4.74 Å². The number of aliphatic carboxylic acids is 1. The molecule has 7 aliphatic rings. The van der Waals surface area contributed by atoms with Crippen LogP contribution in [-0.2, 0) is 14.3 Å². The van der Waals surface area contributed by atoms with Crippen molar-refractivity contribution in [3.63, 3.8) is 0 Å². The van der Waals surface area contributed by atoms with Crippen LogP contribution in [0.1, 0.15) is 165 Å². The average Bonchev–Trinajstić information content (AvgIpc) is 3.78. The lowest BCUT2D eigenvalue weighted by Crippen LogP contribution is -2.66. The molecule has 288 valence electrons. The Balaban J connectivity index is 1.07. The van der Waals surface area contributed by atoms with Crippen molar-refractivity contribution >= 4 is 11.9 Å². The lowest BCUT2D eigenvalue weighted by Gasteiger charge is -2.73. The zero-order valence-corrected chi connectivity index (χ0v) is 34.1. The third kappa shape index (κ3) is 6.30. The molecular weight excluding hydrogens is 631 g/mol. The third-order valence-electron chi connectivity index (χ3n) is 18.6. The highest BCUT2D eigenvalue weighted by molar-refractivity contribution is 5.81. The smallest absolute Gasteiger partial charge is 0.309 e. The highest BCUT2D eigenvalue weighted by atomic mass is 16.5. The molecule has 51 heavy (non-hydrogen) atoms.